The van der Waals surface area contributed by atoms with Crippen LogP contribution in [0.5, 0.6) is 0 Å². The van der Waals surface area contributed by atoms with Gasteiger partial charge >= 0.3 is 0 Å². The summed E-state index contributed by atoms with van der Waals surface area (Å²) in [6, 6.07) is 11.4. The molecule has 3 heterocycles. The third-order valence-electron chi connectivity index (χ3n) is 7.86. The molecule has 1 unspecified atom stereocenters. The Hall–Kier alpha value is -2.46. The molecule has 0 aliphatic carbocycles. The van der Waals surface area contributed by atoms with Crippen molar-refractivity contribution >= 4 is 10.9 Å². The van der Waals surface area contributed by atoms with Crippen molar-refractivity contribution in [2.24, 2.45) is 5.92 Å². The van der Waals surface area contributed by atoms with Crippen LogP contribution in [-0.4, -0.2) is 76.4 Å². The minimum atomic E-state index is -3.32. The van der Waals surface area contributed by atoms with E-state index in [9.17, 15) is 23.4 Å². The monoisotopic (exact) mass is 519 g/mol. The maximum absolute atomic E-state index is 15.4. The van der Waals surface area contributed by atoms with E-state index in [1.54, 1.807) is 17.0 Å². The summed E-state index contributed by atoms with van der Waals surface area (Å²) < 4.78 is 56.7. The first-order valence-corrected chi connectivity index (χ1v) is 12.8. The molecule has 0 amide bonds. The number of aliphatic hydroxyl groups is 2. The van der Waals surface area contributed by atoms with Crippen molar-refractivity contribution in [3.63, 3.8) is 0 Å². The van der Waals surface area contributed by atoms with E-state index >= 15 is 4.39 Å². The predicted octanol–water partition coefficient (Wildman–Crippen LogP) is 4.60. The molecule has 5 rings (SSSR count). The van der Waals surface area contributed by atoms with Gasteiger partial charge in [-0.2, -0.15) is 0 Å². The highest BCUT2D eigenvalue weighted by molar-refractivity contribution is 5.85. The third kappa shape index (κ3) is 5.02. The molecule has 2 aliphatic rings. The zero-order valence-corrected chi connectivity index (χ0v) is 20.8. The molecule has 3 aromatic rings. The number of nitrogens with zero attached hydrogens (tertiary/aromatic N) is 2. The number of nitrogens with one attached hydrogen (secondary N) is 1. The van der Waals surface area contributed by atoms with Gasteiger partial charge in [0.25, 0.3) is 5.92 Å². The van der Waals surface area contributed by atoms with Crippen LogP contribution in [-0.2, 0) is 6.42 Å². The second-order valence-corrected chi connectivity index (χ2v) is 10.5. The molecule has 2 aliphatic heterocycles. The van der Waals surface area contributed by atoms with Gasteiger partial charge in [-0.3, -0.25) is 9.29 Å². The second kappa shape index (κ2) is 10.4. The van der Waals surface area contributed by atoms with Gasteiger partial charge in [0.05, 0.1) is 25.4 Å². The number of fused-ring (bicyclic) bond motifs is 3. The molecule has 200 valence electrons. The van der Waals surface area contributed by atoms with Gasteiger partial charge in [-0.25, -0.2) is 13.2 Å². The number of benzene rings is 2. The third-order valence-corrected chi connectivity index (χ3v) is 7.86. The first-order valence-electron chi connectivity index (χ1n) is 12.8. The number of halogens is 4. The molecule has 5 nitrogen and oxygen atoms in total. The smallest absolute Gasteiger partial charge is 0.283 e. The van der Waals surface area contributed by atoms with E-state index < -0.39 is 37.0 Å². The van der Waals surface area contributed by atoms with E-state index in [0.29, 0.717) is 38.0 Å². The van der Waals surface area contributed by atoms with Crippen LogP contribution in [0, 0.1) is 11.7 Å². The molecule has 1 fully saturated rings. The first-order chi connectivity index (χ1) is 17.7. The highest BCUT2D eigenvalue weighted by Gasteiger charge is 2.42. The number of rotatable bonds is 9. The average molecular weight is 520 g/mol. The second-order valence-electron chi connectivity index (χ2n) is 10.5. The number of aromatic nitrogens is 1. The fourth-order valence-corrected chi connectivity index (χ4v) is 5.91. The van der Waals surface area contributed by atoms with Crippen molar-refractivity contribution < 1.29 is 27.8 Å². The fraction of sp³-hybridized carbons (Fsp3) is 0.500. The van der Waals surface area contributed by atoms with Crippen molar-refractivity contribution in [3.05, 3.63) is 70.7 Å². The molecule has 9 heteroatoms. The van der Waals surface area contributed by atoms with E-state index in [4.69, 9.17) is 0 Å². The van der Waals surface area contributed by atoms with Crippen molar-refractivity contribution in [3.8, 4) is 0 Å². The standard InChI is InChI=1S/C28H33F4N3O2/c1-17-11-22-20-5-2-3-6-24(20)33-25(22)26(35(17)15-28(31,32)16-36)18-7-8-21(23(30)12-18)27(37)19-13-34(14-19)10-4-9-29/h2-3,5-8,12,17,19,26-27,33,36-37H,4,9-11,13-16H2,1H3/t17-,26?,27-/m1/s1. The summed E-state index contributed by atoms with van der Waals surface area (Å²) in [7, 11) is 0. The topological polar surface area (TPSA) is 62.7 Å². The highest BCUT2D eigenvalue weighted by Crippen LogP contribution is 2.42. The quantitative estimate of drug-likeness (QED) is 0.362. The van der Waals surface area contributed by atoms with Crippen LogP contribution in [0.1, 0.15) is 47.9 Å². The number of para-hydroxylation sites is 1. The summed E-state index contributed by atoms with van der Waals surface area (Å²) >= 11 is 0. The summed E-state index contributed by atoms with van der Waals surface area (Å²) in [5.74, 6) is -4.05. The fourth-order valence-electron chi connectivity index (χ4n) is 5.91. The summed E-state index contributed by atoms with van der Waals surface area (Å²) in [6.45, 7) is 1.29. The van der Waals surface area contributed by atoms with Crippen molar-refractivity contribution in [2.45, 2.75) is 43.9 Å². The first kappa shape index (κ1) is 26.2. The van der Waals surface area contributed by atoms with E-state index in [0.717, 1.165) is 22.2 Å². The van der Waals surface area contributed by atoms with Crippen LogP contribution in [0.25, 0.3) is 10.9 Å². The van der Waals surface area contributed by atoms with E-state index in [2.05, 4.69) is 4.98 Å². The van der Waals surface area contributed by atoms with Crippen molar-refractivity contribution in [1.29, 1.82) is 0 Å². The van der Waals surface area contributed by atoms with Gasteiger partial charge in [-0.1, -0.05) is 30.3 Å². The molecular formula is C28H33F4N3O2. The summed E-state index contributed by atoms with van der Waals surface area (Å²) in [4.78, 5) is 7.03. The maximum Gasteiger partial charge on any atom is 0.283 e. The van der Waals surface area contributed by atoms with Crippen molar-refractivity contribution in [2.75, 3.05) is 39.5 Å². The van der Waals surface area contributed by atoms with Crippen LogP contribution < -0.4 is 0 Å². The average Bonchev–Trinajstić information content (AvgIpc) is 3.21. The van der Waals surface area contributed by atoms with E-state index in [1.807, 2.05) is 36.1 Å². The molecule has 3 atom stereocenters. The summed E-state index contributed by atoms with van der Waals surface area (Å²) in [5, 5.41) is 21.1. The van der Waals surface area contributed by atoms with Crippen LogP contribution in [0.2, 0.25) is 0 Å². The van der Waals surface area contributed by atoms with Crippen LogP contribution in [0.4, 0.5) is 17.6 Å². The van der Waals surface area contributed by atoms with Gasteiger partial charge in [0.1, 0.15) is 12.4 Å². The number of likely N-dealkylation sites (tertiary alicyclic amines) is 1. The number of aromatic amines is 1. The number of aliphatic hydroxyl groups excluding tert-OH is 2. The summed E-state index contributed by atoms with van der Waals surface area (Å²) in [6.07, 6.45) is -0.0239. The van der Waals surface area contributed by atoms with Gasteiger partial charge in [0, 0.05) is 53.8 Å². The van der Waals surface area contributed by atoms with Crippen LogP contribution >= 0.6 is 0 Å². The largest absolute Gasteiger partial charge is 0.390 e. The van der Waals surface area contributed by atoms with Crippen LogP contribution in [0.3, 0.4) is 0 Å². The van der Waals surface area contributed by atoms with Gasteiger partial charge in [-0.05, 0) is 43.0 Å². The maximum atomic E-state index is 15.4. The van der Waals surface area contributed by atoms with Crippen LogP contribution in [0.15, 0.2) is 42.5 Å². The highest BCUT2D eigenvalue weighted by atomic mass is 19.3. The Kier molecular flexibility index (Phi) is 7.33. The molecule has 0 saturated carbocycles. The Morgan fingerprint density at radius 3 is 2.62 bits per heavy atom. The van der Waals surface area contributed by atoms with E-state index in [1.165, 1.54) is 6.07 Å². The van der Waals surface area contributed by atoms with Gasteiger partial charge in [0.2, 0.25) is 0 Å². The minimum absolute atomic E-state index is 0.144. The van der Waals surface area contributed by atoms with Gasteiger partial charge in [0.15, 0.2) is 0 Å². The number of hydrogen-bond donors (Lipinski definition) is 3. The molecule has 1 saturated heterocycles. The molecule has 3 N–H and O–H groups in total. The number of H-pyrrole nitrogens is 1. The molecule has 0 bridgehead atoms. The Bertz CT molecular complexity index is 1240. The predicted molar refractivity (Wildman–Crippen MR) is 134 cm³/mol. The Morgan fingerprint density at radius 2 is 1.92 bits per heavy atom. The molecule has 37 heavy (non-hydrogen) atoms. The SMILES string of the molecule is C[C@@H]1Cc2c([nH]c3ccccc23)C(c2ccc([C@H](O)C3CN(CCCF)C3)c(F)c2)N1CC(F)(F)CO. The van der Waals surface area contributed by atoms with Crippen molar-refractivity contribution in [1.82, 2.24) is 14.8 Å². The number of alkyl halides is 3. The molecule has 0 radical (unpaired) electrons. The lowest BCUT2D eigenvalue weighted by Gasteiger charge is -2.43. The number of hydrogen-bond acceptors (Lipinski definition) is 4. The minimum Gasteiger partial charge on any atom is -0.390 e. The lowest BCUT2D eigenvalue weighted by molar-refractivity contribution is -0.0864. The van der Waals surface area contributed by atoms with Gasteiger partial charge < -0.3 is 20.1 Å². The Balaban J connectivity index is 1.48. The van der Waals surface area contributed by atoms with Gasteiger partial charge in [-0.15, -0.1) is 0 Å². The lowest BCUT2D eigenvalue weighted by Crippen LogP contribution is -2.49. The lowest BCUT2D eigenvalue weighted by atomic mass is 9.85. The Morgan fingerprint density at radius 1 is 1.16 bits per heavy atom. The molecule has 2 aromatic carbocycles. The molecular weight excluding hydrogens is 486 g/mol. The zero-order valence-electron chi connectivity index (χ0n) is 20.8. The summed E-state index contributed by atoms with van der Waals surface area (Å²) in [5.41, 5.74) is 3.31. The van der Waals surface area contributed by atoms with E-state index in [-0.39, 0.29) is 24.2 Å². The Labute approximate surface area is 213 Å². The zero-order chi connectivity index (χ0) is 26.3. The molecule has 0 spiro atoms. The normalized spacial score (nSPS) is 22.2. The molecule has 1 aromatic heterocycles.